The van der Waals surface area contributed by atoms with E-state index < -0.39 is 21.3 Å². The molecule has 1 unspecified atom stereocenters. The van der Waals surface area contributed by atoms with Gasteiger partial charge in [-0.1, -0.05) is 0 Å². The van der Waals surface area contributed by atoms with Crippen molar-refractivity contribution >= 4 is 33.5 Å². The maximum absolute atomic E-state index is 11.9. The van der Waals surface area contributed by atoms with Crippen LogP contribution in [0.4, 0.5) is 0 Å². The summed E-state index contributed by atoms with van der Waals surface area (Å²) in [6, 6.07) is 0. The Morgan fingerprint density at radius 2 is 1.95 bits per heavy atom. The molecular formula is C13H21NO5S2. The number of carbonyl (C=O) groups is 2. The van der Waals surface area contributed by atoms with Crippen LogP contribution in [0.3, 0.4) is 0 Å². The second kappa shape index (κ2) is 5.79. The van der Waals surface area contributed by atoms with E-state index in [9.17, 15) is 18.0 Å². The third kappa shape index (κ3) is 4.88. The van der Waals surface area contributed by atoms with Crippen LogP contribution in [0.2, 0.25) is 0 Å². The van der Waals surface area contributed by atoms with Crippen molar-refractivity contribution in [1.82, 2.24) is 5.32 Å². The molecule has 0 aromatic heterocycles. The van der Waals surface area contributed by atoms with Crippen molar-refractivity contribution in [3.8, 4) is 0 Å². The van der Waals surface area contributed by atoms with Crippen molar-refractivity contribution in [2.75, 3.05) is 23.0 Å². The zero-order chi connectivity index (χ0) is 15.7. The molecular weight excluding hydrogens is 314 g/mol. The summed E-state index contributed by atoms with van der Waals surface area (Å²) in [5, 5.41) is 11.6. The number of carboxylic acids is 1. The van der Waals surface area contributed by atoms with E-state index in [-0.39, 0.29) is 35.0 Å². The first-order valence-corrected chi connectivity index (χ1v) is 9.92. The van der Waals surface area contributed by atoms with E-state index in [1.54, 1.807) is 6.92 Å². The highest BCUT2D eigenvalue weighted by Gasteiger charge is 2.44. The molecule has 6 nitrogen and oxygen atoms in total. The Hall–Kier alpha value is -0.760. The van der Waals surface area contributed by atoms with E-state index in [4.69, 9.17) is 5.11 Å². The molecule has 2 fully saturated rings. The highest BCUT2D eigenvalue weighted by Crippen LogP contribution is 2.50. The Morgan fingerprint density at radius 3 is 2.43 bits per heavy atom. The molecule has 1 atom stereocenters. The minimum Gasteiger partial charge on any atom is -0.481 e. The largest absolute Gasteiger partial charge is 0.481 e. The van der Waals surface area contributed by atoms with Gasteiger partial charge in [-0.3, -0.25) is 9.59 Å². The van der Waals surface area contributed by atoms with Gasteiger partial charge in [0.2, 0.25) is 5.91 Å². The first kappa shape index (κ1) is 16.6. The predicted molar refractivity (Wildman–Crippen MR) is 81.1 cm³/mol. The molecule has 0 bridgehead atoms. The number of hydrogen-bond donors (Lipinski definition) is 2. The maximum Gasteiger partial charge on any atom is 0.303 e. The second-order valence-corrected chi connectivity index (χ2v) is 9.68. The Bertz CT molecular complexity index is 541. The molecule has 0 radical (unpaired) electrons. The minimum absolute atomic E-state index is 0.000637. The van der Waals surface area contributed by atoms with E-state index in [0.717, 1.165) is 12.8 Å². The minimum atomic E-state index is -3.03. The van der Waals surface area contributed by atoms with Crippen molar-refractivity contribution in [3.63, 3.8) is 0 Å². The molecule has 0 spiro atoms. The summed E-state index contributed by atoms with van der Waals surface area (Å²) in [6.07, 6.45) is 2.43. The van der Waals surface area contributed by atoms with Crippen molar-refractivity contribution in [3.05, 3.63) is 0 Å². The number of rotatable bonds is 7. The van der Waals surface area contributed by atoms with Crippen molar-refractivity contribution < 1.29 is 23.1 Å². The van der Waals surface area contributed by atoms with Gasteiger partial charge in [-0.25, -0.2) is 8.42 Å². The van der Waals surface area contributed by atoms with Gasteiger partial charge < -0.3 is 10.4 Å². The number of thioether (sulfide) groups is 1. The van der Waals surface area contributed by atoms with Gasteiger partial charge in [-0.05, 0) is 37.4 Å². The number of carboxylic acid groups (broad SMARTS) is 1. The Kier molecular flexibility index (Phi) is 4.58. The van der Waals surface area contributed by atoms with Crippen LogP contribution >= 0.6 is 11.8 Å². The lowest BCUT2D eigenvalue weighted by Crippen LogP contribution is -2.47. The Balaban J connectivity index is 1.72. The highest BCUT2D eigenvalue weighted by molar-refractivity contribution is 8.00. The van der Waals surface area contributed by atoms with Gasteiger partial charge in [-0.15, -0.1) is 0 Å². The molecule has 0 aromatic rings. The normalized spacial score (nSPS) is 29.0. The zero-order valence-electron chi connectivity index (χ0n) is 12.1. The maximum atomic E-state index is 11.9. The molecule has 1 heterocycles. The summed E-state index contributed by atoms with van der Waals surface area (Å²) in [6.45, 7) is 1.76. The number of amides is 1. The number of aliphatic carboxylic acids is 1. The fourth-order valence-corrected chi connectivity index (χ4v) is 5.99. The molecule has 2 N–H and O–H groups in total. The smallest absolute Gasteiger partial charge is 0.303 e. The lowest BCUT2D eigenvalue weighted by atomic mass is 10.0. The molecule has 1 amide bonds. The monoisotopic (exact) mass is 335 g/mol. The summed E-state index contributed by atoms with van der Waals surface area (Å²) in [5.41, 5.74) is -0.786. The van der Waals surface area contributed by atoms with Crippen LogP contribution in [-0.2, 0) is 19.4 Å². The van der Waals surface area contributed by atoms with Crippen LogP contribution in [0.15, 0.2) is 0 Å². The molecule has 2 aliphatic rings. The molecule has 8 heteroatoms. The van der Waals surface area contributed by atoms with E-state index in [1.807, 2.05) is 0 Å². The summed E-state index contributed by atoms with van der Waals surface area (Å²) < 4.78 is 22.9. The summed E-state index contributed by atoms with van der Waals surface area (Å²) in [7, 11) is -3.03. The van der Waals surface area contributed by atoms with Gasteiger partial charge in [-0.2, -0.15) is 11.8 Å². The number of carbonyl (C=O) groups excluding carboxylic acids is 1. The van der Waals surface area contributed by atoms with Crippen LogP contribution in [-0.4, -0.2) is 54.0 Å². The molecule has 21 heavy (non-hydrogen) atoms. The van der Waals surface area contributed by atoms with E-state index >= 15 is 0 Å². The van der Waals surface area contributed by atoms with Crippen LogP contribution in [0, 0.1) is 5.41 Å². The second-order valence-electron chi connectivity index (χ2n) is 6.51. The number of nitrogens with one attached hydrogen (secondary N) is 1. The summed E-state index contributed by atoms with van der Waals surface area (Å²) in [5.74, 6) is 0.0726. The quantitative estimate of drug-likeness (QED) is 0.709. The molecule has 1 aliphatic carbocycles. The topological polar surface area (TPSA) is 101 Å². The Morgan fingerprint density at radius 1 is 1.29 bits per heavy atom. The zero-order valence-corrected chi connectivity index (χ0v) is 13.7. The first-order valence-electron chi connectivity index (χ1n) is 6.95. The van der Waals surface area contributed by atoms with Gasteiger partial charge in [0.15, 0.2) is 9.84 Å². The lowest BCUT2D eigenvalue weighted by Gasteiger charge is -2.24. The molecule has 1 aliphatic heterocycles. The van der Waals surface area contributed by atoms with Crippen LogP contribution in [0.1, 0.15) is 32.6 Å². The lowest BCUT2D eigenvalue weighted by molar-refractivity contribution is -0.138. The van der Waals surface area contributed by atoms with E-state index in [2.05, 4.69) is 5.32 Å². The van der Waals surface area contributed by atoms with Crippen LogP contribution < -0.4 is 5.32 Å². The third-order valence-electron chi connectivity index (χ3n) is 4.07. The standard InChI is InChI=1S/C13H21NO5S2/c1-12(4-5-21(18,19)9-12)14-10(15)7-20-8-13(2-3-13)6-11(16)17/h2-9H2,1H3,(H,14,15)(H,16,17). The molecule has 1 saturated carbocycles. The fraction of sp³-hybridized carbons (Fsp3) is 0.846. The van der Waals surface area contributed by atoms with Gasteiger partial charge in [0.05, 0.1) is 29.2 Å². The van der Waals surface area contributed by atoms with Crippen molar-refractivity contribution in [1.29, 1.82) is 0 Å². The molecule has 2 rings (SSSR count). The predicted octanol–water partition coefficient (Wildman–Crippen LogP) is 0.668. The molecule has 1 saturated heterocycles. The van der Waals surface area contributed by atoms with Gasteiger partial charge in [0.1, 0.15) is 0 Å². The average molecular weight is 335 g/mol. The van der Waals surface area contributed by atoms with Crippen LogP contribution in [0.5, 0.6) is 0 Å². The van der Waals surface area contributed by atoms with Crippen LogP contribution in [0.25, 0.3) is 0 Å². The van der Waals surface area contributed by atoms with Gasteiger partial charge in [0, 0.05) is 0 Å². The van der Waals surface area contributed by atoms with Gasteiger partial charge in [0.25, 0.3) is 0 Å². The third-order valence-corrected chi connectivity index (χ3v) is 7.26. The highest BCUT2D eigenvalue weighted by atomic mass is 32.2. The van der Waals surface area contributed by atoms with Crippen molar-refractivity contribution in [2.45, 2.75) is 38.1 Å². The SMILES string of the molecule is CC1(NC(=O)CSCC2(CC(=O)O)CC2)CCS(=O)(=O)C1. The first-order chi connectivity index (χ1) is 9.64. The number of hydrogen-bond acceptors (Lipinski definition) is 5. The average Bonchev–Trinajstić information content (AvgIpc) is 2.98. The summed E-state index contributed by atoms with van der Waals surface area (Å²) in [4.78, 5) is 22.6. The summed E-state index contributed by atoms with van der Waals surface area (Å²) >= 11 is 1.43. The van der Waals surface area contributed by atoms with Crippen molar-refractivity contribution in [2.24, 2.45) is 5.41 Å². The van der Waals surface area contributed by atoms with E-state index in [0.29, 0.717) is 12.2 Å². The Labute approximate surface area is 129 Å². The fourth-order valence-electron chi connectivity index (χ4n) is 2.71. The molecule has 0 aromatic carbocycles. The van der Waals surface area contributed by atoms with Gasteiger partial charge >= 0.3 is 5.97 Å². The van der Waals surface area contributed by atoms with E-state index in [1.165, 1.54) is 11.8 Å². The number of sulfone groups is 1. The molecule has 120 valence electrons.